The molecule has 0 rings (SSSR count). The van der Waals surface area contributed by atoms with Crippen molar-refractivity contribution in [2.75, 3.05) is 13.2 Å². The molecule has 0 aliphatic rings. The van der Waals surface area contributed by atoms with Gasteiger partial charge in [0.15, 0.2) is 5.78 Å². The number of aliphatic carboxylic acids is 1. The number of carbonyl (C=O) groups excluding carboxylic acids is 1. The average molecular weight is 455 g/mol. The number of carboxylic acid groups (broad SMARTS) is 1. The molecular weight excluding hydrogens is 404 g/mol. The Kier molecular flexibility index (Phi) is 19.6. The van der Waals surface area contributed by atoms with Crippen molar-refractivity contribution in [3.8, 4) is 0 Å². The quantitative estimate of drug-likeness (QED) is 0.0998. The summed E-state index contributed by atoms with van der Waals surface area (Å²) in [4.78, 5) is 23.5. The smallest absolute Gasteiger partial charge is 0.343 e. The highest BCUT2D eigenvalue weighted by molar-refractivity contribution is 6.05. The predicted molar refractivity (Wildman–Crippen MR) is 132 cm³/mol. The molecule has 0 saturated carbocycles. The zero-order chi connectivity index (χ0) is 24.1. The average Bonchev–Trinajstić information content (AvgIpc) is 2.73. The SMILES string of the molecule is CCCCCCCC/C=C\CCCCCCCCOCCC(OC(C)C)(C(C)=O)C(=O)O. The molecule has 5 heteroatoms. The molecule has 188 valence electrons. The molecule has 0 radical (unpaired) electrons. The Hall–Kier alpha value is -1.20. The summed E-state index contributed by atoms with van der Waals surface area (Å²) >= 11 is 0. The van der Waals surface area contributed by atoms with E-state index in [1.807, 2.05) is 0 Å². The summed E-state index contributed by atoms with van der Waals surface area (Å²) in [5.41, 5.74) is -1.79. The Balaban J connectivity index is 3.61. The third-order valence-electron chi connectivity index (χ3n) is 5.75. The van der Waals surface area contributed by atoms with Crippen molar-refractivity contribution in [1.82, 2.24) is 0 Å². The Morgan fingerprint density at radius 2 is 1.31 bits per heavy atom. The van der Waals surface area contributed by atoms with Gasteiger partial charge in [-0.25, -0.2) is 4.79 Å². The van der Waals surface area contributed by atoms with Crippen LogP contribution >= 0.6 is 0 Å². The number of carbonyl (C=O) groups is 2. The molecule has 0 aromatic carbocycles. The van der Waals surface area contributed by atoms with Crippen molar-refractivity contribution < 1.29 is 24.2 Å². The molecule has 0 amide bonds. The highest BCUT2D eigenvalue weighted by Gasteiger charge is 2.45. The number of rotatable bonds is 23. The van der Waals surface area contributed by atoms with E-state index in [2.05, 4.69) is 19.1 Å². The van der Waals surface area contributed by atoms with Crippen molar-refractivity contribution in [3.05, 3.63) is 12.2 Å². The van der Waals surface area contributed by atoms with Gasteiger partial charge in [0.1, 0.15) is 0 Å². The lowest BCUT2D eigenvalue weighted by Crippen LogP contribution is -2.50. The van der Waals surface area contributed by atoms with Crippen LogP contribution in [0.5, 0.6) is 0 Å². The fourth-order valence-electron chi connectivity index (χ4n) is 3.80. The Labute approximate surface area is 197 Å². The van der Waals surface area contributed by atoms with Crippen LogP contribution in [0.1, 0.15) is 124 Å². The number of ether oxygens (including phenoxy) is 2. The van der Waals surface area contributed by atoms with E-state index in [9.17, 15) is 14.7 Å². The van der Waals surface area contributed by atoms with E-state index in [-0.39, 0.29) is 19.1 Å². The van der Waals surface area contributed by atoms with E-state index in [1.54, 1.807) is 13.8 Å². The van der Waals surface area contributed by atoms with Crippen molar-refractivity contribution in [2.24, 2.45) is 0 Å². The fraction of sp³-hybridized carbons (Fsp3) is 0.852. The van der Waals surface area contributed by atoms with E-state index < -0.39 is 17.4 Å². The standard InChI is InChI=1S/C27H50O5/c1-5-6-7-8-9-10-11-12-13-14-15-16-17-18-19-20-22-31-23-21-27(25(4)28,26(29)30)32-24(2)3/h12-13,24H,5-11,14-23H2,1-4H3,(H,29,30)/b13-12-. The van der Waals surface area contributed by atoms with E-state index in [4.69, 9.17) is 9.47 Å². The van der Waals surface area contributed by atoms with Gasteiger partial charge in [-0.3, -0.25) is 4.79 Å². The first-order chi connectivity index (χ1) is 15.4. The topological polar surface area (TPSA) is 72.8 Å². The molecule has 0 bridgehead atoms. The molecule has 1 N–H and O–H groups in total. The van der Waals surface area contributed by atoms with Gasteiger partial charge in [0.2, 0.25) is 5.60 Å². The van der Waals surface area contributed by atoms with Gasteiger partial charge < -0.3 is 14.6 Å². The molecule has 0 aromatic heterocycles. The number of hydrogen-bond donors (Lipinski definition) is 1. The van der Waals surface area contributed by atoms with Gasteiger partial charge in [0.05, 0.1) is 12.7 Å². The molecule has 0 saturated heterocycles. The van der Waals surface area contributed by atoms with Crippen LogP contribution in [0.25, 0.3) is 0 Å². The molecule has 0 aliphatic carbocycles. The first-order valence-electron chi connectivity index (χ1n) is 13.0. The zero-order valence-corrected chi connectivity index (χ0v) is 21.3. The summed E-state index contributed by atoms with van der Waals surface area (Å²) in [6.45, 7) is 7.79. The Bertz CT molecular complexity index is 484. The first kappa shape index (κ1) is 30.8. The minimum Gasteiger partial charge on any atom is -0.479 e. The van der Waals surface area contributed by atoms with Crippen LogP contribution in [-0.2, 0) is 19.1 Å². The Morgan fingerprint density at radius 1 is 0.812 bits per heavy atom. The second kappa shape index (κ2) is 20.4. The third-order valence-corrected chi connectivity index (χ3v) is 5.75. The van der Waals surface area contributed by atoms with E-state index in [0.717, 1.165) is 12.8 Å². The van der Waals surface area contributed by atoms with Crippen LogP contribution in [0.3, 0.4) is 0 Å². The van der Waals surface area contributed by atoms with Gasteiger partial charge in [0, 0.05) is 13.0 Å². The molecular formula is C27H50O5. The van der Waals surface area contributed by atoms with Gasteiger partial charge in [-0.05, 0) is 52.9 Å². The molecule has 0 heterocycles. The van der Waals surface area contributed by atoms with Crippen LogP contribution in [0.2, 0.25) is 0 Å². The van der Waals surface area contributed by atoms with Crippen LogP contribution < -0.4 is 0 Å². The number of carboxylic acids is 1. The third kappa shape index (κ3) is 15.6. The molecule has 1 unspecified atom stereocenters. The molecule has 5 nitrogen and oxygen atoms in total. The second-order valence-electron chi connectivity index (χ2n) is 9.16. The minimum absolute atomic E-state index is 0.0439. The Morgan fingerprint density at radius 3 is 1.78 bits per heavy atom. The summed E-state index contributed by atoms with van der Waals surface area (Å²) in [6, 6.07) is 0. The van der Waals surface area contributed by atoms with Gasteiger partial charge >= 0.3 is 5.97 Å². The van der Waals surface area contributed by atoms with Crippen molar-refractivity contribution in [2.45, 2.75) is 136 Å². The lowest BCUT2D eigenvalue weighted by atomic mass is 9.95. The number of hydrogen-bond acceptors (Lipinski definition) is 4. The lowest BCUT2D eigenvalue weighted by molar-refractivity contribution is -0.179. The van der Waals surface area contributed by atoms with E-state index in [0.29, 0.717) is 6.61 Å². The highest BCUT2D eigenvalue weighted by atomic mass is 16.5. The zero-order valence-electron chi connectivity index (χ0n) is 21.3. The lowest BCUT2D eigenvalue weighted by Gasteiger charge is -2.29. The first-order valence-corrected chi connectivity index (χ1v) is 13.0. The molecule has 32 heavy (non-hydrogen) atoms. The van der Waals surface area contributed by atoms with Gasteiger partial charge in [-0.15, -0.1) is 0 Å². The summed E-state index contributed by atoms with van der Waals surface area (Å²) in [5, 5.41) is 9.49. The summed E-state index contributed by atoms with van der Waals surface area (Å²) in [6.07, 6.45) is 22.1. The summed E-state index contributed by atoms with van der Waals surface area (Å²) in [5.74, 6) is -1.72. The minimum atomic E-state index is -1.79. The van der Waals surface area contributed by atoms with Crippen molar-refractivity contribution in [1.29, 1.82) is 0 Å². The molecule has 0 aromatic rings. The fourth-order valence-corrected chi connectivity index (χ4v) is 3.80. The van der Waals surface area contributed by atoms with Crippen molar-refractivity contribution in [3.63, 3.8) is 0 Å². The molecule has 1 atom stereocenters. The molecule has 0 spiro atoms. The monoisotopic (exact) mass is 454 g/mol. The van der Waals surface area contributed by atoms with Crippen LogP contribution in [0.15, 0.2) is 12.2 Å². The van der Waals surface area contributed by atoms with Crippen LogP contribution in [0.4, 0.5) is 0 Å². The maximum Gasteiger partial charge on any atom is 0.343 e. The van der Waals surface area contributed by atoms with E-state index >= 15 is 0 Å². The molecule has 0 aliphatic heterocycles. The van der Waals surface area contributed by atoms with Crippen LogP contribution in [0, 0.1) is 0 Å². The van der Waals surface area contributed by atoms with Gasteiger partial charge in [0.25, 0.3) is 0 Å². The maximum atomic E-state index is 11.9. The summed E-state index contributed by atoms with van der Waals surface area (Å²) < 4.78 is 11.0. The molecule has 0 fully saturated rings. The second-order valence-corrected chi connectivity index (χ2v) is 9.16. The van der Waals surface area contributed by atoms with Crippen molar-refractivity contribution >= 4 is 11.8 Å². The highest BCUT2D eigenvalue weighted by Crippen LogP contribution is 2.21. The van der Waals surface area contributed by atoms with E-state index in [1.165, 1.54) is 84.0 Å². The number of Topliss-reactive ketones (excluding diaryl/α,β-unsaturated/α-hetero) is 1. The largest absolute Gasteiger partial charge is 0.479 e. The number of unbranched alkanes of at least 4 members (excludes halogenated alkanes) is 12. The van der Waals surface area contributed by atoms with Crippen LogP contribution in [-0.4, -0.2) is 41.8 Å². The van der Waals surface area contributed by atoms with Gasteiger partial charge in [-0.2, -0.15) is 0 Å². The maximum absolute atomic E-state index is 11.9. The summed E-state index contributed by atoms with van der Waals surface area (Å²) in [7, 11) is 0. The normalized spacial score (nSPS) is 13.7. The predicted octanol–water partition coefficient (Wildman–Crippen LogP) is 7.27. The van der Waals surface area contributed by atoms with Gasteiger partial charge in [-0.1, -0.05) is 76.9 Å². The number of ketones is 1. The number of allylic oxidation sites excluding steroid dienone is 2.